The lowest BCUT2D eigenvalue weighted by atomic mass is 10.1. The Labute approximate surface area is 161 Å². The number of ether oxygens (including phenoxy) is 1. The van der Waals surface area contributed by atoms with E-state index in [0.29, 0.717) is 6.20 Å². The summed E-state index contributed by atoms with van der Waals surface area (Å²) in [5.74, 6) is -1.00. The number of hydrogen-bond acceptors (Lipinski definition) is 4. The van der Waals surface area contributed by atoms with E-state index in [2.05, 4.69) is 19.1 Å². The molecule has 1 unspecified atom stereocenters. The maximum atomic E-state index is 13.4. The van der Waals surface area contributed by atoms with Crippen LogP contribution in [0.15, 0.2) is 29.4 Å². The number of H-pyrrole nitrogens is 1. The van der Waals surface area contributed by atoms with E-state index in [-0.39, 0.29) is 21.5 Å². The number of benzene rings is 1. The van der Waals surface area contributed by atoms with Crippen molar-refractivity contribution in [3.05, 3.63) is 30.1 Å². The molecule has 1 atom stereocenters. The molecule has 0 amide bonds. The van der Waals surface area contributed by atoms with Gasteiger partial charge in [0.1, 0.15) is 23.3 Å². The van der Waals surface area contributed by atoms with E-state index in [1.165, 1.54) is 25.4 Å². The quantitative estimate of drug-likeness (QED) is 0.550. The summed E-state index contributed by atoms with van der Waals surface area (Å²) in [4.78, 5) is 2.60. The van der Waals surface area contributed by atoms with Crippen LogP contribution >= 0.6 is 11.9 Å². The second kappa shape index (κ2) is 7.47. The van der Waals surface area contributed by atoms with Crippen molar-refractivity contribution < 1.29 is 35.2 Å². The average Bonchev–Trinajstić information content (AvgIpc) is 3.23. The number of nitrogens with one attached hydrogen (secondary N) is 2. The predicted molar refractivity (Wildman–Crippen MR) is 89.8 cm³/mol. The molecule has 2 heterocycles. The Morgan fingerprint density at radius 1 is 1.36 bits per heavy atom. The highest BCUT2D eigenvalue weighted by atomic mass is 35.5. The number of nitrogens with zero attached hydrogens (tertiary/aromatic N) is 2. The molecule has 0 aliphatic rings. The largest absolute Gasteiger partial charge is 0.507 e. The molecule has 0 radical (unpaired) electrons. The predicted octanol–water partition coefficient (Wildman–Crippen LogP) is 4.45. The SMILES string of the molecule is COc1ccc2c(S(=O)Nc3cnn(C(F)(F)F)c3OCl)c[nH]c2c1C(F)F. The van der Waals surface area contributed by atoms with Crippen LogP contribution in [0.1, 0.15) is 12.0 Å². The van der Waals surface area contributed by atoms with Crippen molar-refractivity contribution in [3.63, 3.8) is 0 Å². The highest BCUT2D eigenvalue weighted by molar-refractivity contribution is 7.86. The van der Waals surface area contributed by atoms with Gasteiger partial charge in [-0.05, 0) is 12.1 Å². The average molecular weight is 445 g/mol. The lowest BCUT2D eigenvalue weighted by molar-refractivity contribution is -0.213. The molecule has 3 rings (SSSR count). The topological polar surface area (TPSA) is 81.2 Å². The highest BCUT2D eigenvalue weighted by Gasteiger charge is 2.37. The summed E-state index contributed by atoms with van der Waals surface area (Å²) in [5, 5.41) is 3.24. The molecule has 14 heteroatoms. The van der Waals surface area contributed by atoms with Crippen LogP contribution < -0.4 is 13.7 Å². The summed E-state index contributed by atoms with van der Waals surface area (Å²) in [5.41, 5.74) is -0.861. The van der Waals surface area contributed by atoms with Crippen molar-refractivity contribution in [3.8, 4) is 11.6 Å². The number of hydrogen-bond donors (Lipinski definition) is 2. The molecule has 28 heavy (non-hydrogen) atoms. The third kappa shape index (κ3) is 3.46. The van der Waals surface area contributed by atoms with Crippen LogP contribution in [0, 0.1) is 0 Å². The van der Waals surface area contributed by atoms with Gasteiger partial charge >= 0.3 is 6.30 Å². The summed E-state index contributed by atoms with van der Waals surface area (Å²) in [6, 6.07) is 2.66. The molecular weight excluding hydrogens is 435 g/mol. The Morgan fingerprint density at radius 2 is 2.07 bits per heavy atom. The zero-order valence-electron chi connectivity index (χ0n) is 13.7. The van der Waals surface area contributed by atoms with Crippen molar-refractivity contribution in [1.82, 2.24) is 14.8 Å². The summed E-state index contributed by atoms with van der Waals surface area (Å²) in [6.45, 7) is 0. The van der Waals surface area contributed by atoms with Gasteiger partial charge in [0.2, 0.25) is 0 Å². The Kier molecular flexibility index (Phi) is 5.39. The van der Waals surface area contributed by atoms with Crippen LogP contribution in [0.4, 0.5) is 27.6 Å². The minimum absolute atomic E-state index is 0.0137. The second-order valence-electron chi connectivity index (χ2n) is 5.25. The van der Waals surface area contributed by atoms with Crippen molar-refractivity contribution in [2.45, 2.75) is 17.6 Å². The summed E-state index contributed by atoms with van der Waals surface area (Å²) >= 11 is 5.07. The van der Waals surface area contributed by atoms with Crippen LogP contribution in [-0.2, 0) is 17.3 Å². The lowest BCUT2D eigenvalue weighted by Gasteiger charge is -2.10. The molecule has 2 aromatic heterocycles. The molecule has 0 saturated heterocycles. The minimum Gasteiger partial charge on any atom is -0.496 e. The molecule has 152 valence electrons. The van der Waals surface area contributed by atoms with E-state index < -0.39 is 45.5 Å². The van der Waals surface area contributed by atoms with E-state index >= 15 is 0 Å². The van der Waals surface area contributed by atoms with Crippen molar-refractivity contribution in [2.24, 2.45) is 0 Å². The van der Waals surface area contributed by atoms with Gasteiger partial charge in [0.15, 0.2) is 11.0 Å². The molecule has 0 bridgehead atoms. The third-order valence-corrected chi connectivity index (χ3v) is 4.99. The van der Waals surface area contributed by atoms with Gasteiger partial charge in [0.25, 0.3) is 12.3 Å². The van der Waals surface area contributed by atoms with Crippen molar-refractivity contribution in [2.75, 3.05) is 11.8 Å². The number of anilines is 1. The molecule has 0 aliphatic heterocycles. The number of aromatic nitrogens is 3. The number of halogens is 6. The summed E-state index contributed by atoms with van der Waals surface area (Å²) < 4.78 is 88.7. The van der Waals surface area contributed by atoms with Crippen LogP contribution in [0.2, 0.25) is 0 Å². The zero-order chi connectivity index (χ0) is 20.6. The molecule has 0 aliphatic carbocycles. The molecule has 7 nitrogen and oxygen atoms in total. The van der Waals surface area contributed by atoms with E-state index in [4.69, 9.17) is 16.6 Å². The maximum absolute atomic E-state index is 13.4. The Hall–Kier alpha value is -2.54. The molecule has 3 aromatic rings. The number of rotatable bonds is 6. The van der Waals surface area contributed by atoms with Gasteiger partial charge in [-0.1, -0.05) is 0 Å². The molecular formula is C14H10ClF5N4O3S. The Morgan fingerprint density at radius 3 is 2.64 bits per heavy atom. The monoisotopic (exact) mass is 444 g/mol. The first-order valence-corrected chi connectivity index (χ1v) is 8.73. The van der Waals surface area contributed by atoms with E-state index in [9.17, 15) is 26.2 Å². The molecule has 0 saturated carbocycles. The summed E-state index contributed by atoms with van der Waals surface area (Å²) in [7, 11) is -0.935. The zero-order valence-corrected chi connectivity index (χ0v) is 15.3. The fraction of sp³-hybridized carbons (Fsp3) is 0.214. The minimum atomic E-state index is -4.92. The smallest absolute Gasteiger partial charge is 0.496 e. The van der Waals surface area contributed by atoms with E-state index in [1.807, 2.05) is 0 Å². The fourth-order valence-corrected chi connectivity index (χ4v) is 3.68. The number of fused-ring (bicyclic) bond motifs is 1. The molecule has 0 spiro atoms. The van der Waals surface area contributed by atoms with Gasteiger partial charge in [-0.2, -0.15) is 5.10 Å². The van der Waals surface area contributed by atoms with Crippen LogP contribution in [0.5, 0.6) is 11.6 Å². The first kappa shape index (κ1) is 20.2. The summed E-state index contributed by atoms with van der Waals surface area (Å²) in [6.07, 6.45) is -5.90. The van der Waals surface area contributed by atoms with Crippen molar-refractivity contribution >= 4 is 39.4 Å². The normalized spacial score (nSPS) is 13.1. The van der Waals surface area contributed by atoms with Gasteiger partial charge in [0, 0.05) is 11.6 Å². The number of alkyl halides is 5. The fourth-order valence-electron chi connectivity index (χ4n) is 2.54. The van der Waals surface area contributed by atoms with Crippen LogP contribution in [0.25, 0.3) is 10.9 Å². The molecule has 0 fully saturated rings. The maximum Gasteiger partial charge on any atom is 0.507 e. The van der Waals surface area contributed by atoms with Gasteiger partial charge < -0.3 is 14.0 Å². The van der Waals surface area contributed by atoms with E-state index in [0.717, 1.165) is 0 Å². The highest BCUT2D eigenvalue weighted by Crippen LogP contribution is 2.38. The Bertz CT molecular complexity index is 1040. The van der Waals surface area contributed by atoms with Gasteiger partial charge in [-0.3, -0.25) is 4.72 Å². The first-order valence-electron chi connectivity index (χ1n) is 7.27. The Balaban J connectivity index is 2.00. The van der Waals surface area contributed by atoms with Crippen LogP contribution in [-0.4, -0.2) is 26.1 Å². The van der Waals surface area contributed by atoms with Crippen molar-refractivity contribution in [1.29, 1.82) is 0 Å². The van der Waals surface area contributed by atoms with Gasteiger partial charge in [-0.15, -0.1) is 17.9 Å². The van der Waals surface area contributed by atoms with E-state index in [1.54, 1.807) is 0 Å². The van der Waals surface area contributed by atoms with Crippen LogP contribution in [0.3, 0.4) is 0 Å². The first-order chi connectivity index (χ1) is 13.2. The molecule has 1 aromatic carbocycles. The standard InChI is InChI=1S/C14H10ClF5N4O3S/c1-26-8-3-2-6-9(5-21-11(6)10(8)12(16)17)28(25)23-7-4-22-24(13(7)27-15)14(18,19)20/h2-5,12,21,23H,1H3. The van der Waals surface area contributed by atoms with Gasteiger partial charge in [-0.25, -0.2) is 13.0 Å². The third-order valence-electron chi connectivity index (χ3n) is 3.70. The molecule has 2 N–H and O–H groups in total. The number of aromatic amines is 1. The lowest BCUT2D eigenvalue weighted by Crippen LogP contribution is -2.18. The number of methoxy groups -OCH3 is 1. The van der Waals surface area contributed by atoms with Gasteiger partial charge in [0.05, 0.1) is 29.3 Å². The second-order valence-corrected chi connectivity index (χ2v) is 6.58.